The number of likely N-dealkylation sites (tertiary alicyclic amines) is 1. The average molecular weight is 389 g/mol. The summed E-state index contributed by atoms with van der Waals surface area (Å²) in [5.74, 6) is 0.160. The second kappa shape index (κ2) is 7.05. The van der Waals surface area contributed by atoms with Crippen LogP contribution in [0, 0.1) is 0 Å². The zero-order valence-corrected chi connectivity index (χ0v) is 15.6. The molecule has 2 aromatic heterocycles. The van der Waals surface area contributed by atoms with Crippen molar-refractivity contribution in [2.24, 2.45) is 0 Å². The van der Waals surface area contributed by atoms with E-state index in [-0.39, 0.29) is 24.4 Å². The molecule has 0 saturated carbocycles. The van der Waals surface area contributed by atoms with E-state index in [1.165, 1.54) is 0 Å². The number of para-hydroxylation sites is 2. The van der Waals surface area contributed by atoms with E-state index in [0.717, 1.165) is 34.4 Å². The van der Waals surface area contributed by atoms with Gasteiger partial charge in [-0.15, -0.1) is 5.10 Å². The van der Waals surface area contributed by atoms with E-state index >= 15 is 0 Å². The second-order valence-electron chi connectivity index (χ2n) is 7.08. The molecule has 1 fully saturated rings. The Labute approximate surface area is 165 Å². The molecule has 0 bridgehead atoms. The minimum atomic E-state index is -0.642. The number of H-pyrrole nitrogens is 1. The normalized spacial score (nSPS) is 16.6. The van der Waals surface area contributed by atoms with Gasteiger partial charge in [0.15, 0.2) is 0 Å². The Morgan fingerprint density at radius 1 is 1.14 bits per heavy atom. The zero-order valence-electron chi connectivity index (χ0n) is 15.6. The molecule has 1 atom stereocenters. The smallest absolute Gasteiger partial charge is 0.388 e. The summed E-state index contributed by atoms with van der Waals surface area (Å²) < 4.78 is 6.30. The quantitative estimate of drug-likeness (QED) is 0.579. The van der Waals surface area contributed by atoms with Crippen LogP contribution in [0.4, 0.5) is 0 Å². The van der Waals surface area contributed by atoms with E-state index in [4.69, 9.17) is 4.42 Å². The van der Waals surface area contributed by atoms with Gasteiger partial charge >= 0.3 is 5.76 Å². The van der Waals surface area contributed by atoms with Crippen LogP contribution in [-0.2, 0) is 11.3 Å². The minimum absolute atomic E-state index is 0.133. The number of carbonyl (C=O) groups is 1. The van der Waals surface area contributed by atoms with E-state index in [2.05, 4.69) is 15.1 Å². The Bertz CT molecular complexity index is 1190. The van der Waals surface area contributed by atoms with Gasteiger partial charge in [-0.2, -0.15) is 4.68 Å². The van der Waals surface area contributed by atoms with Gasteiger partial charge in [0.25, 0.3) is 0 Å². The Morgan fingerprint density at radius 3 is 2.76 bits per heavy atom. The lowest BCUT2D eigenvalue weighted by atomic mass is 10.2. The molecule has 0 radical (unpaired) electrons. The molecule has 4 aromatic rings. The Kier molecular flexibility index (Phi) is 4.23. The molecule has 146 valence electrons. The predicted molar refractivity (Wildman–Crippen MR) is 106 cm³/mol. The third-order valence-electron chi connectivity index (χ3n) is 5.21. The van der Waals surface area contributed by atoms with Crippen LogP contribution in [0.2, 0.25) is 0 Å². The van der Waals surface area contributed by atoms with E-state index < -0.39 is 5.76 Å². The number of benzene rings is 2. The molecule has 5 rings (SSSR count). The molecule has 1 N–H and O–H groups in total. The predicted octanol–water partition coefficient (Wildman–Crippen LogP) is 2.74. The summed E-state index contributed by atoms with van der Waals surface area (Å²) in [7, 11) is 0. The third-order valence-corrected chi connectivity index (χ3v) is 5.21. The third kappa shape index (κ3) is 3.22. The lowest BCUT2D eigenvalue weighted by Crippen LogP contribution is -2.36. The first kappa shape index (κ1) is 17.4. The van der Waals surface area contributed by atoms with Crippen molar-refractivity contribution < 1.29 is 9.21 Å². The highest BCUT2D eigenvalue weighted by Gasteiger charge is 2.32. The topological polar surface area (TPSA) is 97.0 Å². The number of aromatic nitrogens is 4. The fourth-order valence-electron chi connectivity index (χ4n) is 3.80. The maximum atomic E-state index is 13.0. The van der Waals surface area contributed by atoms with Crippen LogP contribution in [0.1, 0.15) is 24.7 Å². The molecule has 1 aliphatic heterocycles. The first-order valence-corrected chi connectivity index (χ1v) is 9.56. The molecule has 1 amide bonds. The Morgan fingerprint density at radius 2 is 1.93 bits per heavy atom. The number of fused-ring (bicyclic) bond motifs is 1. The van der Waals surface area contributed by atoms with Crippen molar-refractivity contribution in [3.05, 3.63) is 71.0 Å². The number of aromatic amines is 1. The monoisotopic (exact) mass is 389 g/mol. The van der Waals surface area contributed by atoms with Gasteiger partial charge in [-0.05, 0) is 37.1 Å². The largest absolute Gasteiger partial charge is 0.437 e. The van der Waals surface area contributed by atoms with Crippen LogP contribution in [0.25, 0.3) is 22.5 Å². The van der Waals surface area contributed by atoms with Crippen molar-refractivity contribution in [2.45, 2.75) is 25.4 Å². The Balaban J connectivity index is 1.38. The van der Waals surface area contributed by atoms with Gasteiger partial charge in [-0.25, -0.2) is 9.78 Å². The standard InChI is InChI=1S/C21H19N5O3/c27-18(13-26-21(28)29-20(24-26)14-7-2-1-3-8-14)25-12-6-11-17(25)19-22-15-9-4-5-10-16(15)23-19/h1-5,7-10,17H,6,11-13H2,(H,22,23). The molecule has 8 nitrogen and oxygen atoms in total. The number of imidazole rings is 1. The molecule has 3 heterocycles. The highest BCUT2D eigenvalue weighted by atomic mass is 16.4. The molecule has 0 spiro atoms. The molecule has 8 heteroatoms. The fourth-order valence-corrected chi connectivity index (χ4v) is 3.80. The molecule has 1 unspecified atom stereocenters. The highest BCUT2D eigenvalue weighted by Crippen LogP contribution is 2.31. The number of amides is 1. The highest BCUT2D eigenvalue weighted by molar-refractivity contribution is 5.78. The van der Waals surface area contributed by atoms with E-state index in [0.29, 0.717) is 12.1 Å². The molecule has 1 saturated heterocycles. The molecule has 0 aliphatic carbocycles. The van der Waals surface area contributed by atoms with Crippen LogP contribution in [0.15, 0.2) is 63.8 Å². The molecule has 29 heavy (non-hydrogen) atoms. The molecule has 1 aliphatic rings. The first-order chi connectivity index (χ1) is 14.2. The van der Waals surface area contributed by atoms with Gasteiger partial charge in [-0.3, -0.25) is 4.79 Å². The molecular weight excluding hydrogens is 370 g/mol. The van der Waals surface area contributed by atoms with Crippen molar-refractivity contribution in [3.63, 3.8) is 0 Å². The molecule has 2 aromatic carbocycles. The SMILES string of the molecule is O=C(Cn1nc(-c2ccccc2)oc1=O)N1CCCC1c1nc2ccccc2[nH]1. The lowest BCUT2D eigenvalue weighted by Gasteiger charge is -2.22. The van der Waals surface area contributed by atoms with E-state index in [9.17, 15) is 9.59 Å². The van der Waals surface area contributed by atoms with Crippen LogP contribution >= 0.6 is 0 Å². The summed E-state index contributed by atoms with van der Waals surface area (Å²) in [4.78, 5) is 34.9. The van der Waals surface area contributed by atoms with Crippen molar-refractivity contribution in [1.82, 2.24) is 24.6 Å². The van der Waals surface area contributed by atoms with Crippen LogP contribution in [0.5, 0.6) is 0 Å². The van der Waals surface area contributed by atoms with Crippen molar-refractivity contribution >= 4 is 16.9 Å². The maximum Gasteiger partial charge on any atom is 0.437 e. The summed E-state index contributed by atoms with van der Waals surface area (Å²) in [6.07, 6.45) is 1.71. The number of rotatable bonds is 4. The van der Waals surface area contributed by atoms with Crippen molar-refractivity contribution in [3.8, 4) is 11.5 Å². The van der Waals surface area contributed by atoms with Gasteiger partial charge in [0, 0.05) is 12.1 Å². The number of nitrogens with zero attached hydrogens (tertiary/aromatic N) is 4. The summed E-state index contributed by atoms with van der Waals surface area (Å²) in [5, 5.41) is 4.19. The van der Waals surface area contributed by atoms with Crippen LogP contribution < -0.4 is 5.76 Å². The number of nitrogens with one attached hydrogen (secondary N) is 1. The van der Waals surface area contributed by atoms with Gasteiger partial charge in [-0.1, -0.05) is 30.3 Å². The second-order valence-corrected chi connectivity index (χ2v) is 7.08. The fraction of sp³-hybridized carbons (Fsp3) is 0.238. The number of hydrogen-bond donors (Lipinski definition) is 1. The summed E-state index contributed by atoms with van der Waals surface area (Å²) >= 11 is 0. The zero-order chi connectivity index (χ0) is 19.8. The first-order valence-electron chi connectivity index (χ1n) is 9.56. The van der Waals surface area contributed by atoms with Crippen molar-refractivity contribution in [2.75, 3.05) is 6.54 Å². The summed E-state index contributed by atoms with van der Waals surface area (Å²) in [6.45, 7) is 0.463. The van der Waals surface area contributed by atoms with Crippen molar-refractivity contribution in [1.29, 1.82) is 0 Å². The summed E-state index contributed by atoms with van der Waals surface area (Å²) in [6, 6.07) is 16.8. The van der Waals surface area contributed by atoms with Crippen LogP contribution in [0.3, 0.4) is 0 Å². The van der Waals surface area contributed by atoms with Gasteiger partial charge < -0.3 is 14.3 Å². The average Bonchev–Trinajstić information content (AvgIpc) is 3.46. The minimum Gasteiger partial charge on any atom is -0.388 e. The van der Waals surface area contributed by atoms with E-state index in [1.54, 1.807) is 17.0 Å². The van der Waals surface area contributed by atoms with E-state index in [1.807, 2.05) is 42.5 Å². The molecular formula is C21H19N5O3. The number of carbonyl (C=O) groups excluding carboxylic acids is 1. The van der Waals surface area contributed by atoms with Gasteiger partial charge in [0.1, 0.15) is 12.4 Å². The van der Waals surface area contributed by atoms with Gasteiger partial charge in [0.2, 0.25) is 11.8 Å². The maximum absolute atomic E-state index is 13.0. The Hall–Kier alpha value is -3.68. The lowest BCUT2D eigenvalue weighted by molar-refractivity contribution is -0.133. The van der Waals surface area contributed by atoms with Gasteiger partial charge in [0.05, 0.1) is 17.1 Å². The van der Waals surface area contributed by atoms with Crippen LogP contribution in [-0.4, -0.2) is 37.1 Å². The number of hydrogen-bond acceptors (Lipinski definition) is 5. The summed E-state index contributed by atoms with van der Waals surface area (Å²) in [5.41, 5.74) is 2.51.